The number of nitrogens with zero attached hydrogens (tertiary/aromatic N) is 1. The fraction of sp³-hybridized carbons (Fsp3) is 0.846. The van der Waals surface area contributed by atoms with Gasteiger partial charge in [-0.25, -0.2) is 4.79 Å². The molecule has 1 aliphatic carbocycles. The van der Waals surface area contributed by atoms with Crippen LogP contribution in [0.2, 0.25) is 0 Å². The molecule has 1 heterocycles. The molecule has 5 nitrogen and oxygen atoms in total. The van der Waals surface area contributed by atoms with Crippen LogP contribution in [0.4, 0.5) is 4.79 Å². The van der Waals surface area contributed by atoms with Gasteiger partial charge in [-0.15, -0.1) is 0 Å². The van der Waals surface area contributed by atoms with Crippen molar-refractivity contribution in [2.45, 2.75) is 38.1 Å². The zero-order chi connectivity index (χ0) is 13.7. The van der Waals surface area contributed by atoms with Crippen molar-refractivity contribution in [2.75, 3.05) is 24.6 Å². The molecule has 1 aliphatic heterocycles. The minimum atomic E-state index is -0.776. The SMILES string of the molecule is O=C(O)C1CCCCCC1NC(=O)N1CCSCC1. The number of hydrogen-bond acceptors (Lipinski definition) is 3. The highest BCUT2D eigenvalue weighted by molar-refractivity contribution is 7.99. The Morgan fingerprint density at radius 1 is 1.11 bits per heavy atom. The number of carboxylic acid groups (broad SMARTS) is 1. The molecule has 6 heteroatoms. The fourth-order valence-electron chi connectivity index (χ4n) is 2.79. The van der Waals surface area contributed by atoms with E-state index < -0.39 is 11.9 Å². The van der Waals surface area contributed by atoms with Crippen molar-refractivity contribution < 1.29 is 14.7 Å². The second-order valence-corrected chi connectivity index (χ2v) is 6.46. The monoisotopic (exact) mass is 286 g/mol. The Bertz CT molecular complexity index is 332. The van der Waals surface area contributed by atoms with Gasteiger partial charge in [-0.05, 0) is 12.8 Å². The molecule has 108 valence electrons. The van der Waals surface area contributed by atoms with E-state index in [1.807, 2.05) is 11.8 Å². The van der Waals surface area contributed by atoms with E-state index in [1.165, 1.54) is 0 Å². The summed E-state index contributed by atoms with van der Waals surface area (Å²) >= 11 is 1.86. The highest BCUT2D eigenvalue weighted by Crippen LogP contribution is 2.24. The van der Waals surface area contributed by atoms with E-state index in [2.05, 4.69) is 5.32 Å². The summed E-state index contributed by atoms with van der Waals surface area (Å²) in [5.41, 5.74) is 0. The second kappa shape index (κ2) is 7.03. The van der Waals surface area contributed by atoms with Crippen LogP contribution in [0.1, 0.15) is 32.1 Å². The largest absolute Gasteiger partial charge is 0.481 e. The summed E-state index contributed by atoms with van der Waals surface area (Å²) in [4.78, 5) is 25.3. The van der Waals surface area contributed by atoms with E-state index >= 15 is 0 Å². The number of aliphatic carboxylic acids is 1. The topological polar surface area (TPSA) is 69.6 Å². The van der Waals surface area contributed by atoms with Gasteiger partial charge in [-0.2, -0.15) is 11.8 Å². The van der Waals surface area contributed by atoms with Gasteiger partial charge < -0.3 is 15.3 Å². The maximum Gasteiger partial charge on any atom is 0.317 e. The van der Waals surface area contributed by atoms with E-state index in [-0.39, 0.29) is 12.1 Å². The van der Waals surface area contributed by atoms with Crippen molar-refractivity contribution in [3.8, 4) is 0 Å². The maximum absolute atomic E-state index is 12.2. The third kappa shape index (κ3) is 4.03. The number of hydrogen-bond donors (Lipinski definition) is 2. The van der Waals surface area contributed by atoms with Gasteiger partial charge >= 0.3 is 12.0 Å². The van der Waals surface area contributed by atoms with Gasteiger partial charge in [-0.3, -0.25) is 4.79 Å². The molecule has 0 aromatic heterocycles. The van der Waals surface area contributed by atoms with Crippen LogP contribution in [0.15, 0.2) is 0 Å². The smallest absolute Gasteiger partial charge is 0.317 e. The Labute approximate surface area is 118 Å². The number of carboxylic acids is 1. The molecule has 19 heavy (non-hydrogen) atoms. The standard InChI is InChI=1S/C13H22N2O3S/c16-12(17)10-4-2-1-3-5-11(10)14-13(18)15-6-8-19-9-7-15/h10-11H,1-9H2,(H,14,18)(H,16,17). The number of urea groups is 1. The van der Waals surface area contributed by atoms with Crippen LogP contribution < -0.4 is 5.32 Å². The van der Waals surface area contributed by atoms with Gasteiger partial charge in [-0.1, -0.05) is 19.3 Å². The number of carbonyl (C=O) groups excluding carboxylic acids is 1. The van der Waals surface area contributed by atoms with E-state index in [0.29, 0.717) is 6.42 Å². The molecule has 2 rings (SSSR count). The minimum absolute atomic E-state index is 0.0848. The van der Waals surface area contributed by atoms with Gasteiger partial charge in [0.05, 0.1) is 5.92 Å². The molecule has 2 unspecified atom stereocenters. The third-order valence-corrected chi connectivity index (χ3v) is 4.88. The van der Waals surface area contributed by atoms with Crippen molar-refractivity contribution in [1.29, 1.82) is 0 Å². The molecular formula is C13H22N2O3S. The Balaban J connectivity index is 1.93. The van der Waals surface area contributed by atoms with E-state index in [1.54, 1.807) is 4.90 Å². The molecule has 0 aromatic carbocycles. The van der Waals surface area contributed by atoms with Gasteiger partial charge in [0.25, 0.3) is 0 Å². The molecule has 1 saturated heterocycles. The van der Waals surface area contributed by atoms with Gasteiger partial charge in [0.2, 0.25) is 0 Å². The van der Waals surface area contributed by atoms with Crippen LogP contribution in [0, 0.1) is 5.92 Å². The second-order valence-electron chi connectivity index (χ2n) is 5.24. The average Bonchev–Trinajstić information content (AvgIpc) is 2.65. The summed E-state index contributed by atoms with van der Waals surface area (Å²) < 4.78 is 0. The summed E-state index contributed by atoms with van der Waals surface area (Å²) in [5, 5.41) is 12.2. The Morgan fingerprint density at radius 3 is 2.47 bits per heavy atom. The molecule has 2 aliphatic rings. The maximum atomic E-state index is 12.2. The Hall–Kier alpha value is -0.910. The molecule has 2 amide bonds. The highest BCUT2D eigenvalue weighted by Gasteiger charge is 2.31. The Morgan fingerprint density at radius 2 is 1.79 bits per heavy atom. The Kier molecular flexibility index (Phi) is 5.36. The van der Waals surface area contributed by atoms with E-state index in [0.717, 1.165) is 50.3 Å². The molecular weight excluding hydrogens is 264 g/mol. The van der Waals surface area contributed by atoms with Crippen molar-refractivity contribution in [3.05, 3.63) is 0 Å². The van der Waals surface area contributed by atoms with Crippen LogP contribution >= 0.6 is 11.8 Å². The molecule has 0 spiro atoms. The lowest BCUT2D eigenvalue weighted by Gasteiger charge is -2.30. The fourth-order valence-corrected chi connectivity index (χ4v) is 3.70. The summed E-state index contributed by atoms with van der Waals surface area (Å²) in [5.74, 6) is 0.743. The highest BCUT2D eigenvalue weighted by atomic mass is 32.2. The average molecular weight is 286 g/mol. The van der Waals surface area contributed by atoms with Crippen LogP contribution in [0.5, 0.6) is 0 Å². The van der Waals surface area contributed by atoms with Gasteiger partial charge in [0, 0.05) is 30.6 Å². The van der Waals surface area contributed by atoms with Crippen LogP contribution in [-0.2, 0) is 4.79 Å². The number of amides is 2. The molecule has 2 fully saturated rings. The van der Waals surface area contributed by atoms with E-state index in [9.17, 15) is 14.7 Å². The van der Waals surface area contributed by atoms with E-state index in [4.69, 9.17) is 0 Å². The molecule has 0 radical (unpaired) electrons. The zero-order valence-electron chi connectivity index (χ0n) is 11.1. The van der Waals surface area contributed by atoms with Crippen LogP contribution in [0.25, 0.3) is 0 Å². The quantitative estimate of drug-likeness (QED) is 0.759. The predicted octanol–water partition coefficient (Wildman–Crippen LogP) is 1.78. The van der Waals surface area contributed by atoms with Gasteiger partial charge in [0.1, 0.15) is 0 Å². The molecule has 2 atom stereocenters. The van der Waals surface area contributed by atoms with Crippen molar-refractivity contribution in [3.63, 3.8) is 0 Å². The molecule has 0 bridgehead atoms. The van der Waals surface area contributed by atoms with Crippen LogP contribution in [0.3, 0.4) is 0 Å². The molecule has 2 N–H and O–H groups in total. The van der Waals surface area contributed by atoms with Crippen molar-refractivity contribution in [1.82, 2.24) is 10.2 Å². The van der Waals surface area contributed by atoms with Gasteiger partial charge in [0.15, 0.2) is 0 Å². The summed E-state index contributed by atoms with van der Waals surface area (Å²) in [6, 6.07) is -0.291. The van der Waals surface area contributed by atoms with Crippen LogP contribution in [-0.4, -0.2) is 52.6 Å². The lowest BCUT2D eigenvalue weighted by molar-refractivity contribution is -0.142. The first-order valence-electron chi connectivity index (χ1n) is 7.04. The van der Waals surface area contributed by atoms with Crippen molar-refractivity contribution in [2.24, 2.45) is 5.92 Å². The third-order valence-electron chi connectivity index (χ3n) is 3.94. The minimum Gasteiger partial charge on any atom is -0.481 e. The number of carbonyl (C=O) groups is 2. The zero-order valence-corrected chi connectivity index (χ0v) is 12.0. The molecule has 0 aromatic rings. The lowest BCUT2D eigenvalue weighted by Crippen LogP contribution is -2.50. The number of thioether (sulfide) groups is 1. The molecule has 1 saturated carbocycles. The normalized spacial score (nSPS) is 28.5. The predicted molar refractivity (Wildman–Crippen MR) is 75.4 cm³/mol. The first-order chi connectivity index (χ1) is 9.18. The summed E-state index contributed by atoms with van der Waals surface area (Å²) in [6.45, 7) is 1.53. The first kappa shape index (κ1) is 14.5. The number of nitrogens with one attached hydrogen (secondary N) is 1. The number of rotatable bonds is 2. The summed E-state index contributed by atoms with van der Waals surface area (Å²) in [6.07, 6.45) is 4.48. The first-order valence-corrected chi connectivity index (χ1v) is 8.20. The van der Waals surface area contributed by atoms with Crippen molar-refractivity contribution >= 4 is 23.8 Å². The lowest BCUT2D eigenvalue weighted by atomic mass is 9.95. The summed E-state index contributed by atoms with van der Waals surface area (Å²) in [7, 11) is 0.